The van der Waals surface area contributed by atoms with E-state index in [9.17, 15) is 9.59 Å². The van der Waals surface area contributed by atoms with E-state index in [4.69, 9.17) is 4.74 Å². The van der Waals surface area contributed by atoms with Crippen LogP contribution in [0.3, 0.4) is 0 Å². The van der Waals surface area contributed by atoms with E-state index in [1.165, 1.54) is 30.6 Å². The van der Waals surface area contributed by atoms with Gasteiger partial charge in [-0.2, -0.15) is 0 Å². The highest BCUT2D eigenvalue weighted by molar-refractivity contribution is 7.15. The van der Waals surface area contributed by atoms with Crippen LogP contribution in [0.1, 0.15) is 63.9 Å². The molecular formula is C26H29N3O3S. The summed E-state index contributed by atoms with van der Waals surface area (Å²) in [7, 11) is 0. The predicted molar refractivity (Wildman–Crippen MR) is 131 cm³/mol. The maximum absolute atomic E-state index is 12.7. The highest BCUT2D eigenvalue weighted by Crippen LogP contribution is 2.29. The molecule has 2 aromatic carbocycles. The summed E-state index contributed by atoms with van der Waals surface area (Å²) in [5.74, 6) is 0.594. The summed E-state index contributed by atoms with van der Waals surface area (Å²) in [5.41, 5.74) is 2.20. The van der Waals surface area contributed by atoms with Crippen molar-refractivity contribution in [2.45, 2.75) is 45.6 Å². The van der Waals surface area contributed by atoms with Crippen LogP contribution >= 0.6 is 11.3 Å². The molecule has 0 spiro atoms. The van der Waals surface area contributed by atoms with E-state index in [2.05, 4.69) is 17.2 Å². The van der Waals surface area contributed by atoms with Crippen LogP contribution in [-0.4, -0.2) is 34.8 Å². The van der Waals surface area contributed by atoms with E-state index in [0.717, 1.165) is 22.7 Å². The predicted octanol–water partition coefficient (Wildman–Crippen LogP) is 5.55. The topological polar surface area (TPSA) is 71.5 Å². The molecule has 6 nitrogen and oxygen atoms in total. The smallest absolute Gasteiger partial charge is 0.257 e. The lowest BCUT2D eigenvalue weighted by Crippen LogP contribution is -2.35. The summed E-state index contributed by atoms with van der Waals surface area (Å²) >= 11 is 1.43. The zero-order chi connectivity index (χ0) is 23.0. The zero-order valence-electron chi connectivity index (χ0n) is 18.9. The third-order valence-electron chi connectivity index (χ3n) is 5.64. The Morgan fingerprint density at radius 2 is 1.82 bits per heavy atom. The number of ether oxygens (including phenoxy) is 1. The zero-order valence-corrected chi connectivity index (χ0v) is 19.7. The Morgan fingerprint density at radius 1 is 1.03 bits per heavy atom. The summed E-state index contributed by atoms with van der Waals surface area (Å²) in [5, 5.41) is 3.47. The molecule has 4 rings (SSSR count). The van der Waals surface area contributed by atoms with Crippen molar-refractivity contribution in [3.05, 3.63) is 76.3 Å². The number of nitrogens with zero attached hydrogens (tertiary/aromatic N) is 2. The largest absolute Gasteiger partial charge is 0.494 e. The average molecular weight is 464 g/mol. The van der Waals surface area contributed by atoms with Crippen LogP contribution in [0.2, 0.25) is 0 Å². The number of carbonyl (C=O) groups is 2. The first kappa shape index (κ1) is 23.0. The molecule has 2 heterocycles. The summed E-state index contributed by atoms with van der Waals surface area (Å²) in [6.45, 7) is 4.02. The summed E-state index contributed by atoms with van der Waals surface area (Å²) < 4.78 is 5.75. The van der Waals surface area contributed by atoms with Gasteiger partial charge in [0.2, 0.25) is 0 Å². The van der Waals surface area contributed by atoms with E-state index in [0.29, 0.717) is 42.4 Å². The molecular weight excluding hydrogens is 434 g/mol. The number of fused-ring (bicyclic) bond motifs is 1. The molecule has 7 heteroatoms. The van der Waals surface area contributed by atoms with Gasteiger partial charge >= 0.3 is 0 Å². The fraction of sp³-hybridized carbons (Fsp3) is 0.346. The molecule has 0 atom stereocenters. The van der Waals surface area contributed by atoms with Crippen molar-refractivity contribution in [2.75, 3.05) is 18.5 Å². The molecule has 0 aliphatic carbocycles. The van der Waals surface area contributed by atoms with Gasteiger partial charge in [0.25, 0.3) is 11.8 Å². The van der Waals surface area contributed by atoms with Crippen molar-refractivity contribution in [3.8, 4) is 5.75 Å². The van der Waals surface area contributed by atoms with Gasteiger partial charge in [0.05, 0.1) is 18.8 Å². The van der Waals surface area contributed by atoms with Crippen LogP contribution in [0.4, 0.5) is 5.13 Å². The third kappa shape index (κ3) is 5.99. The van der Waals surface area contributed by atoms with Crippen molar-refractivity contribution in [3.63, 3.8) is 0 Å². The second kappa shape index (κ2) is 11.1. The third-order valence-corrected chi connectivity index (χ3v) is 6.64. The molecule has 1 N–H and O–H groups in total. The Balaban J connectivity index is 1.32. The maximum atomic E-state index is 12.7. The van der Waals surface area contributed by atoms with Gasteiger partial charge in [-0.1, -0.05) is 55.7 Å². The fourth-order valence-corrected chi connectivity index (χ4v) is 4.80. The van der Waals surface area contributed by atoms with Gasteiger partial charge in [-0.25, -0.2) is 4.98 Å². The maximum Gasteiger partial charge on any atom is 0.257 e. The van der Waals surface area contributed by atoms with Crippen molar-refractivity contribution in [1.29, 1.82) is 0 Å². The Hall–Kier alpha value is -3.19. The number of benzene rings is 2. The number of hydrogen-bond donors (Lipinski definition) is 1. The molecule has 1 aromatic heterocycles. The van der Waals surface area contributed by atoms with E-state index < -0.39 is 0 Å². The Morgan fingerprint density at radius 3 is 2.58 bits per heavy atom. The number of amides is 2. The number of unbranched alkanes of at least 4 members (excludes halogenated alkanes) is 3. The Labute approximate surface area is 198 Å². The van der Waals surface area contributed by atoms with Gasteiger partial charge in [0.15, 0.2) is 5.13 Å². The average Bonchev–Trinajstić information content (AvgIpc) is 3.25. The van der Waals surface area contributed by atoms with E-state index in [1.807, 2.05) is 47.4 Å². The fourth-order valence-electron chi connectivity index (χ4n) is 3.78. The highest BCUT2D eigenvalue weighted by Gasteiger charge is 2.25. The Kier molecular flexibility index (Phi) is 7.73. The molecule has 33 heavy (non-hydrogen) atoms. The van der Waals surface area contributed by atoms with Gasteiger partial charge < -0.3 is 9.64 Å². The van der Waals surface area contributed by atoms with Crippen molar-refractivity contribution in [2.24, 2.45) is 0 Å². The van der Waals surface area contributed by atoms with E-state index >= 15 is 0 Å². The minimum Gasteiger partial charge on any atom is -0.494 e. The van der Waals surface area contributed by atoms with Crippen molar-refractivity contribution < 1.29 is 14.3 Å². The summed E-state index contributed by atoms with van der Waals surface area (Å²) in [4.78, 5) is 32.9. The lowest BCUT2D eigenvalue weighted by Gasteiger charge is -2.26. The lowest BCUT2D eigenvalue weighted by molar-refractivity contribution is 0.0736. The first-order valence-corrected chi connectivity index (χ1v) is 12.3. The molecule has 0 fully saturated rings. The van der Waals surface area contributed by atoms with Gasteiger partial charge in [0.1, 0.15) is 5.75 Å². The molecule has 1 aliphatic rings. The van der Waals surface area contributed by atoms with Gasteiger partial charge in [0, 0.05) is 29.0 Å². The normalized spacial score (nSPS) is 12.8. The van der Waals surface area contributed by atoms with E-state index in [-0.39, 0.29) is 11.8 Å². The van der Waals surface area contributed by atoms with Crippen LogP contribution in [0.15, 0.2) is 54.6 Å². The molecule has 172 valence electrons. The summed E-state index contributed by atoms with van der Waals surface area (Å²) in [6.07, 6.45) is 5.33. The molecule has 0 bridgehead atoms. The minimum absolute atomic E-state index is 0.0212. The second-order valence-electron chi connectivity index (χ2n) is 8.12. The van der Waals surface area contributed by atoms with Crippen LogP contribution < -0.4 is 10.1 Å². The minimum atomic E-state index is -0.201. The second-order valence-corrected chi connectivity index (χ2v) is 9.20. The first-order valence-electron chi connectivity index (χ1n) is 11.5. The lowest BCUT2D eigenvalue weighted by atomic mass is 10.1. The monoisotopic (exact) mass is 463 g/mol. The number of anilines is 1. The van der Waals surface area contributed by atoms with E-state index in [1.54, 1.807) is 12.1 Å². The molecule has 0 saturated heterocycles. The quantitative estimate of drug-likeness (QED) is 0.422. The standard InChI is InChI=1S/C26H29N3O3S/c1-2-3-4-8-17-32-21-13-11-19(12-14-21)24(30)28-26-27-22-15-16-29(18-23(22)33-26)25(31)20-9-6-5-7-10-20/h5-7,9-14H,2-4,8,15-18H2,1H3,(H,27,28,30). The van der Waals surface area contributed by atoms with Crippen molar-refractivity contribution in [1.82, 2.24) is 9.88 Å². The molecule has 0 unspecified atom stereocenters. The number of rotatable bonds is 9. The summed E-state index contributed by atoms with van der Waals surface area (Å²) in [6, 6.07) is 16.5. The number of aromatic nitrogens is 1. The molecule has 1 aliphatic heterocycles. The number of nitrogens with one attached hydrogen (secondary N) is 1. The molecule has 0 saturated carbocycles. The van der Waals surface area contributed by atoms with Crippen LogP contribution in [-0.2, 0) is 13.0 Å². The Bertz CT molecular complexity index is 1080. The van der Waals surface area contributed by atoms with Crippen LogP contribution in [0.25, 0.3) is 0 Å². The van der Waals surface area contributed by atoms with Gasteiger partial charge in [-0.3, -0.25) is 14.9 Å². The van der Waals surface area contributed by atoms with Crippen LogP contribution in [0, 0.1) is 0 Å². The highest BCUT2D eigenvalue weighted by atomic mass is 32.1. The van der Waals surface area contributed by atoms with Crippen LogP contribution in [0.5, 0.6) is 5.75 Å². The first-order chi connectivity index (χ1) is 16.1. The van der Waals surface area contributed by atoms with Gasteiger partial charge in [-0.05, 0) is 42.8 Å². The molecule has 2 amide bonds. The van der Waals surface area contributed by atoms with Gasteiger partial charge in [-0.15, -0.1) is 0 Å². The molecule has 0 radical (unpaired) electrons. The number of carbonyl (C=O) groups excluding carboxylic acids is 2. The molecule has 3 aromatic rings. The number of hydrogen-bond acceptors (Lipinski definition) is 5. The van der Waals surface area contributed by atoms with Crippen molar-refractivity contribution >= 4 is 28.3 Å². The number of thiazole rings is 1. The SMILES string of the molecule is CCCCCCOc1ccc(C(=O)Nc2nc3c(s2)CN(C(=O)c2ccccc2)CC3)cc1.